The number of aryl methyl sites for hydroxylation is 1. The van der Waals surface area contributed by atoms with E-state index in [0.29, 0.717) is 11.3 Å². The van der Waals surface area contributed by atoms with Gasteiger partial charge in [-0.1, -0.05) is 17.7 Å². The predicted molar refractivity (Wildman–Crippen MR) is 80.8 cm³/mol. The van der Waals surface area contributed by atoms with Gasteiger partial charge in [-0.25, -0.2) is 8.78 Å². The number of pyridine rings is 1. The van der Waals surface area contributed by atoms with E-state index in [2.05, 4.69) is 10.3 Å². The molecule has 0 radical (unpaired) electrons. The van der Waals surface area contributed by atoms with Crippen LogP contribution in [0.25, 0.3) is 10.9 Å². The summed E-state index contributed by atoms with van der Waals surface area (Å²) < 4.78 is 27.1. The molecule has 22 heavy (non-hydrogen) atoms. The van der Waals surface area contributed by atoms with Gasteiger partial charge < -0.3 is 5.32 Å². The number of nitrogens with one attached hydrogen (secondary N) is 1. The molecule has 1 N–H and O–H groups in total. The molecule has 0 fully saturated rings. The quantitative estimate of drug-likeness (QED) is 0.774. The summed E-state index contributed by atoms with van der Waals surface area (Å²) in [4.78, 5) is 16.1. The van der Waals surface area contributed by atoms with Crippen LogP contribution in [0.3, 0.4) is 0 Å². The normalized spacial score (nSPS) is 10.7. The number of aromatic nitrogens is 1. The molecule has 3 nitrogen and oxygen atoms in total. The minimum absolute atomic E-state index is 0.0171. The molecule has 3 rings (SSSR count). The van der Waals surface area contributed by atoms with E-state index in [1.807, 2.05) is 13.0 Å². The second-order valence-electron chi connectivity index (χ2n) is 4.97. The Bertz CT molecular complexity index is 878. The van der Waals surface area contributed by atoms with E-state index in [4.69, 9.17) is 0 Å². The smallest absolute Gasteiger partial charge is 0.255 e. The van der Waals surface area contributed by atoms with Crippen LogP contribution in [0.5, 0.6) is 0 Å². The van der Waals surface area contributed by atoms with Crippen LogP contribution < -0.4 is 5.32 Å². The van der Waals surface area contributed by atoms with E-state index >= 15 is 0 Å². The van der Waals surface area contributed by atoms with Crippen LogP contribution in [0.4, 0.5) is 14.5 Å². The number of nitrogens with zero attached hydrogens (tertiary/aromatic N) is 1. The fraction of sp³-hybridized carbons (Fsp3) is 0.0588. The van der Waals surface area contributed by atoms with Crippen molar-refractivity contribution in [2.75, 3.05) is 5.32 Å². The van der Waals surface area contributed by atoms with Gasteiger partial charge in [0.15, 0.2) is 5.82 Å². The number of benzene rings is 2. The standard InChI is InChI=1S/C17H12F2N2O/c1-10-3-2-4-11(7-10)17(22)21-15-5-6-20-16-13(15)8-12(18)9-14(16)19/h2-9H,1H3,(H,20,21,22). The topological polar surface area (TPSA) is 42.0 Å². The van der Waals surface area contributed by atoms with Crippen molar-refractivity contribution in [2.45, 2.75) is 6.92 Å². The summed E-state index contributed by atoms with van der Waals surface area (Å²) >= 11 is 0. The van der Waals surface area contributed by atoms with Crippen molar-refractivity contribution in [1.29, 1.82) is 0 Å². The number of hydrogen-bond acceptors (Lipinski definition) is 2. The maximum absolute atomic E-state index is 13.7. The number of halogens is 2. The summed E-state index contributed by atoms with van der Waals surface area (Å²) in [6, 6.07) is 10.5. The number of carbonyl (C=O) groups is 1. The molecule has 110 valence electrons. The lowest BCUT2D eigenvalue weighted by atomic mass is 10.1. The molecular weight excluding hydrogens is 286 g/mol. The molecular formula is C17H12F2N2O. The average Bonchev–Trinajstić information content (AvgIpc) is 2.48. The Hall–Kier alpha value is -2.82. The van der Waals surface area contributed by atoms with Crippen molar-refractivity contribution in [2.24, 2.45) is 0 Å². The van der Waals surface area contributed by atoms with Gasteiger partial charge in [-0.3, -0.25) is 9.78 Å². The van der Waals surface area contributed by atoms with Crippen LogP contribution in [-0.4, -0.2) is 10.9 Å². The summed E-state index contributed by atoms with van der Waals surface area (Å²) in [6.07, 6.45) is 1.37. The third-order valence-corrected chi connectivity index (χ3v) is 3.29. The molecule has 3 aromatic rings. The molecule has 1 amide bonds. The summed E-state index contributed by atoms with van der Waals surface area (Å²) in [5.74, 6) is -1.83. The number of carbonyl (C=O) groups excluding carboxylic acids is 1. The zero-order valence-corrected chi connectivity index (χ0v) is 11.7. The summed E-state index contributed by atoms with van der Waals surface area (Å²) in [6.45, 7) is 1.88. The zero-order valence-electron chi connectivity index (χ0n) is 11.7. The highest BCUT2D eigenvalue weighted by molar-refractivity contribution is 6.08. The molecule has 1 aromatic heterocycles. The van der Waals surface area contributed by atoms with Gasteiger partial charge in [0.2, 0.25) is 0 Å². The Morgan fingerprint density at radius 2 is 1.95 bits per heavy atom. The van der Waals surface area contributed by atoms with E-state index in [9.17, 15) is 13.6 Å². The average molecular weight is 298 g/mol. The Labute approximate surface area is 125 Å². The van der Waals surface area contributed by atoms with Gasteiger partial charge in [0.1, 0.15) is 11.3 Å². The lowest BCUT2D eigenvalue weighted by Gasteiger charge is -2.09. The first-order valence-electron chi connectivity index (χ1n) is 6.66. The van der Waals surface area contributed by atoms with Crippen molar-refractivity contribution in [3.8, 4) is 0 Å². The van der Waals surface area contributed by atoms with Crippen LogP contribution in [0.2, 0.25) is 0 Å². The third-order valence-electron chi connectivity index (χ3n) is 3.29. The minimum atomic E-state index is -0.762. The highest BCUT2D eigenvalue weighted by Gasteiger charge is 2.12. The molecule has 0 bridgehead atoms. The third kappa shape index (κ3) is 2.65. The van der Waals surface area contributed by atoms with Crippen molar-refractivity contribution >= 4 is 22.5 Å². The molecule has 0 aliphatic rings. The van der Waals surface area contributed by atoms with Gasteiger partial charge in [-0.2, -0.15) is 0 Å². The van der Waals surface area contributed by atoms with E-state index in [-0.39, 0.29) is 16.8 Å². The lowest BCUT2D eigenvalue weighted by molar-refractivity contribution is 0.102. The minimum Gasteiger partial charge on any atom is -0.321 e. The van der Waals surface area contributed by atoms with E-state index < -0.39 is 11.6 Å². The van der Waals surface area contributed by atoms with Crippen LogP contribution in [0.1, 0.15) is 15.9 Å². The fourth-order valence-corrected chi connectivity index (χ4v) is 2.27. The second-order valence-corrected chi connectivity index (χ2v) is 4.97. The predicted octanol–water partition coefficient (Wildman–Crippen LogP) is 4.07. The monoisotopic (exact) mass is 298 g/mol. The number of rotatable bonds is 2. The molecule has 0 unspecified atom stereocenters. The fourth-order valence-electron chi connectivity index (χ4n) is 2.27. The van der Waals surface area contributed by atoms with E-state index in [0.717, 1.165) is 17.7 Å². The molecule has 0 saturated carbocycles. The van der Waals surface area contributed by atoms with E-state index in [1.54, 1.807) is 18.2 Å². The Kier molecular flexibility index (Phi) is 3.55. The van der Waals surface area contributed by atoms with Gasteiger partial charge >= 0.3 is 0 Å². The molecule has 0 spiro atoms. The van der Waals surface area contributed by atoms with Gasteiger partial charge in [0, 0.05) is 23.2 Å². The highest BCUT2D eigenvalue weighted by Crippen LogP contribution is 2.25. The van der Waals surface area contributed by atoms with Crippen LogP contribution in [-0.2, 0) is 0 Å². The second kappa shape index (κ2) is 5.52. The number of anilines is 1. The van der Waals surface area contributed by atoms with Gasteiger partial charge in [0.25, 0.3) is 5.91 Å². The first-order valence-corrected chi connectivity index (χ1v) is 6.66. The van der Waals surface area contributed by atoms with Crippen LogP contribution in [0.15, 0.2) is 48.7 Å². The lowest BCUT2D eigenvalue weighted by Crippen LogP contribution is -2.12. The Balaban J connectivity index is 2.02. The molecule has 0 aliphatic heterocycles. The molecule has 2 aromatic carbocycles. The van der Waals surface area contributed by atoms with E-state index in [1.165, 1.54) is 12.3 Å². The van der Waals surface area contributed by atoms with Gasteiger partial charge in [-0.15, -0.1) is 0 Å². The van der Waals surface area contributed by atoms with Gasteiger partial charge in [-0.05, 0) is 31.2 Å². The highest BCUT2D eigenvalue weighted by atomic mass is 19.1. The summed E-state index contributed by atoms with van der Waals surface area (Å²) in [5.41, 5.74) is 1.75. The van der Waals surface area contributed by atoms with Crippen molar-refractivity contribution < 1.29 is 13.6 Å². The Morgan fingerprint density at radius 1 is 1.14 bits per heavy atom. The number of hydrogen-bond donors (Lipinski definition) is 1. The first-order chi connectivity index (χ1) is 10.5. The Morgan fingerprint density at radius 3 is 2.73 bits per heavy atom. The van der Waals surface area contributed by atoms with Crippen LogP contribution in [0, 0.1) is 18.6 Å². The molecule has 5 heteroatoms. The number of fused-ring (bicyclic) bond motifs is 1. The maximum Gasteiger partial charge on any atom is 0.255 e. The SMILES string of the molecule is Cc1cccc(C(=O)Nc2ccnc3c(F)cc(F)cc23)c1. The summed E-state index contributed by atoms with van der Waals surface area (Å²) in [5, 5.41) is 2.89. The molecule has 0 aliphatic carbocycles. The van der Waals surface area contributed by atoms with Crippen molar-refractivity contribution in [1.82, 2.24) is 4.98 Å². The van der Waals surface area contributed by atoms with Crippen LogP contribution >= 0.6 is 0 Å². The molecule has 0 atom stereocenters. The molecule has 0 saturated heterocycles. The van der Waals surface area contributed by atoms with Gasteiger partial charge in [0.05, 0.1) is 5.69 Å². The summed E-state index contributed by atoms with van der Waals surface area (Å²) in [7, 11) is 0. The van der Waals surface area contributed by atoms with Crippen molar-refractivity contribution in [3.05, 3.63) is 71.4 Å². The largest absolute Gasteiger partial charge is 0.321 e. The number of amides is 1. The molecule has 1 heterocycles. The maximum atomic E-state index is 13.7. The van der Waals surface area contributed by atoms with Crippen molar-refractivity contribution in [3.63, 3.8) is 0 Å². The first kappa shape index (κ1) is 14.1. The zero-order chi connectivity index (χ0) is 15.7.